The Morgan fingerprint density at radius 1 is 0.638 bits per heavy atom. The number of aliphatic hydroxyl groups excluding tert-OH is 6. The first-order valence-corrected chi connectivity index (χ1v) is 24.2. The third-order valence-electron chi connectivity index (χ3n) is 12.1. The monoisotopic (exact) mass is 827 g/mol. The summed E-state index contributed by atoms with van der Waals surface area (Å²) in [4.78, 5) is 2.69. The lowest BCUT2D eigenvalue weighted by atomic mass is 9.98. The van der Waals surface area contributed by atoms with Gasteiger partial charge < -0.3 is 45.0 Å². The van der Waals surface area contributed by atoms with Crippen molar-refractivity contribution in [1.82, 2.24) is 19.9 Å². The van der Waals surface area contributed by atoms with Gasteiger partial charge in [0.15, 0.2) is 6.29 Å². The minimum Gasteiger partial charge on any atom is -0.394 e. The molecule has 0 amide bonds. The van der Waals surface area contributed by atoms with E-state index in [9.17, 15) is 30.6 Å². The minimum atomic E-state index is -1.58. The quantitative estimate of drug-likeness (QED) is 0.0358. The topological polar surface area (TPSA) is 174 Å². The van der Waals surface area contributed by atoms with Gasteiger partial charge in [-0.25, -0.2) is 4.68 Å². The first-order chi connectivity index (χ1) is 28.3. The fourth-order valence-corrected chi connectivity index (χ4v) is 8.15. The first-order valence-electron chi connectivity index (χ1n) is 24.2. The molecule has 1 aromatic heterocycles. The van der Waals surface area contributed by atoms with Crippen LogP contribution < -0.4 is 0 Å². The molecular formula is C46H90N4O8. The second kappa shape index (κ2) is 34.4. The van der Waals surface area contributed by atoms with Crippen molar-refractivity contribution in [2.75, 3.05) is 32.8 Å². The largest absolute Gasteiger partial charge is 0.394 e. The fourth-order valence-electron chi connectivity index (χ4n) is 8.15. The van der Waals surface area contributed by atoms with E-state index in [2.05, 4.69) is 36.0 Å². The highest BCUT2D eigenvalue weighted by molar-refractivity contribution is 4.96. The van der Waals surface area contributed by atoms with Gasteiger partial charge >= 0.3 is 0 Å². The Morgan fingerprint density at radius 3 is 1.60 bits per heavy atom. The summed E-state index contributed by atoms with van der Waals surface area (Å²) in [5.74, 6) is 0. The summed E-state index contributed by atoms with van der Waals surface area (Å²) in [6, 6.07) is -0.851. The Morgan fingerprint density at radius 2 is 1.10 bits per heavy atom. The molecule has 1 aliphatic rings. The van der Waals surface area contributed by atoms with Crippen LogP contribution in [-0.2, 0) is 15.9 Å². The summed E-state index contributed by atoms with van der Waals surface area (Å²) in [5.41, 5.74) is 0.793. The van der Waals surface area contributed by atoms with E-state index in [0.29, 0.717) is 6.42 Å². The molecule has 1 saturated heterocycles. The van der Waals surface area contributed by atoms with E-state index < -0.39 is 55.6 Å². The highest BCUT2D eigenvalue weighted by Gasteiger charge is 2.44. The molecule has 2 heterocycles. The summed E-state index contributed by atoms with van der Waals surface area (Å²) in [6.07, 6.45) is 25.7. The van der Waals surface area contributed by atoms with Gasteiger partial charge in [0.2, 0.25) is 0 Å². The summed E-state index contributed by atoms with van der Waals surface area (Å²) < 4.78 is 12.9. The number of unbranched alkanes of at least 4 members (excludes halogenated alkanes) is 22. The Kier molecular flexibility index (Phi) is 31.4. The zero-order chi connectivity index (χ0) is 42.2. The van der Waals surface area contributed by atoms with Crippen LogP contribution in [0.4, 0.5) is 0 Å². The van der Waals surface area contributed by atoms with Gasteiger partial charge in [0.05, 0.1) is 25.0 Å². The maximum atomic E-state index is 11.5. The molecule has 6 N–H and O–H groups in total. The lowest BCUT2D eigenvalue weighted by Crippen LogP contribution is -2.59. The first kappa shape index (κ1) is 52.9. The number of hydrogen-bond donors (Lipinski definition) is 6. The van der Waals surface area contributed by atoms with Crippen LogP contribution in [0, 0.1) is 0 Å². The minimum absolute atomic E-state index is 0.212. The second-order valence-corrected chi connectivity index (χ2v) is 17.4. The van der Waals surface area contributed by atoms with Gasteiger partial charge in [-0.3, -0.25) is 0 Å². The van der Waals surface area contributed by atoms with Crippen molar-refractivity contribution in [2.45, 2.75) is 250 Å². The molecule has 0 saturated carbocycles. The van der Waals surface area contributed by atoms with Crippen molar-refractivity contribution in [3.63, 3.8) is 0 Å². The molecule has 0 aromatic carbocycles. The van der Waals surface area contributed by atoms with Crippen molar-refractivity contribution >= 4 is 0 Å². The summed E-state index contributed by atoms with van der Waals surface area (Å²) in [5, 5.41) is 72.0. The van der Waals surface area contributed by atoms with E-state index in [1.807, 2.05) is 0 Å². The molecule has 342 valence electrons. The van der Waals surface area contributed by atoms with Gasteiger partial charge in [0, 0.05) is 6.20 Å². The molecule has 1 aromatic rings. The van der Waals surface area contributed by atoms with E-state index in [1.165, 1.54) is 146 Å². The van der Waals surface area contributed by atoms with Gasteiger partial charge in [-0.05, 0) is 58.2 Å². The standard InChI is InChI=1S/C46H90N4O8/c1-4-7-10-13-14-15-16-17-18-19-20-26-31-40(52)42(53)39(37-57-46-45(56)44(55)43(54)41(36-51)58-46)50-35-38(47-48-50)30-25-21-24-29-34-49(32-27-22-11-8-5-2)33-28-23-12-9-6-3/h35,39-46,51-56H,4-34,36-37H2,1-3H3/t39-,40+,41+,42-,43-,44-,45+,46-/m0/s1. The fraction of sp³-hybridized carbons (Fsp3) is 0.957. The van der Waals surface area contributed by atoms with Crippen LogP contribution in [0.15, 0.2) is 6.20 Å². The van der Waals surface area contributed by atoms with Crippen molar-refractivity contribution < 1.29 is 40.1 Å². The molecule has 8 atom stereocenters. The van der Waals surface area contributed by atoms with E-state index in [0.717, 1.165) is 57.2 Å². The SMILES string of the molecule is CCCCCCCCCCCCCC[C@@H](O)[C@@H](O)[C@H](CO[C@H]1O[C@H](CO)[C@H](O)[C@H](O)[C@H]1O)n1cc(CCCCCCN(CCCCCCC)CCCCCCC)nn1. The normalized spacial score (nSPS) is 21.5. The van der Waals surface area contributed by atoms with Gasteiger partial charge in [0.1, 0.15) is 36.6 Å². The second-order valence-electron chi connectivity index (χ2n) is 17.4. The third-order valence-corrected chi connectivity index (χ3v) is 12.1. The molecule has 12 heteroatoms. The van der Waals surface area contributed by atoms with Crippen LogP contribution in [0.25, 0.3) is 0 Å². The molecule has 0 bridgehead atoms. The number of ether oxygens (including phenoxy) is 2. The molecule has 0 aliphatic carbocycles. The maximum absolute atomic E-state index is 11.5. The molecule has 0 radical (unpaired) electrons. The Balaban J connectivity index is 1.88. The zero-order valence-corrected chi connectivity index (χ0v) is 37.3. The third kappa shape index (κ3) is 22.6. The summed E-state index contributed by atoms with van der Waals surface area (Å²) >= 11 is 0. The van der Waals surface area contributed by atoms with Crippen LogP contribution in [0.2, 0.25) is 0 Å². The van der Waals surface area contributed by atoms with Crippen LogP contribution in [0.5, 0.6) is 0 Å². The molecule has 12 nitrogen and oxygen atoms in total. The predicted octanol–water partition coefficient (Wildman–Crippen LogP) is 7.79. The molecule has 0 unspecified atom stereocenters. The van der Waals surface area contributed by atoms with Crippen LogP contribution in [-0.4, -0.2) is 126 Å². The van der Waals surface area contributed by atoms with Crippen molar-refractivity contribution in [2.24, 2.45) is 0 Å². The highest BCUT2D eigenvalue weighted by atomic mass is 16.7. The molecule has 1 fully saturated rings. The van der Waals surface area contributed by atoms with Gasteiger partial charge in [-0.1, -0.05) is 167 Å². The van der Waals surface area contributed by atoms with Gasteiger partial charge in [-0.2, -0.15) is 0 Å². The van der Waals surface area contributed by atoms with Crippen molar-refractivity contribution in [1.29, 1.82) is 0 Å². The van der Waals surface area contributed by atoms with E-state index in [1.54, 1.807) is 6.20 Å². The van der Waals surface area contributed by atoms with E-state index in [-0.39, 0.29) is 6.61 Å². The van der Waals surface area contributed by atoms with Gasteiger partial charge in [0.25, 0.3) is 0 Å². The number of aromatic nitrogens is 3. The smallest absolute Gasteiger partial charge is 0.186 e. The van der Waals surface area contributed by atoms with E-state index >= 15 is 0 Å². The highest BCUT2D eigenvalue weighted by Crippen LogP contribution is 2.26. The predicted molar refractivity (Wildman–Crippen MR) is 233 cm³/mol. The number of nitrogens with zero attached hydrogens (tertiary/aromatic N) is 4. The lowest BCUT2D eigenvalue weighted by Gasteiger charge is -2.40. The summed E-state index contributed by atoms with van der Waals surface area (Å²) in [6.45, 7) is 9.58. The van der Waals surface area contributed by atoms with Crippen molar-refractivity contribution in [3.05, 3.63) is 11.9 Å². The molecule has 2 rings (SSSR count). The average Bonchev–Trinajstić information content (AvgIpc) is 3.70. The Bertz CT molecular complexity index is 1050. The van der Waals surface area contributed by atoms with Crippen LogP contribution in [0.1, 0.15) is 206 Å². The molecule has 58 heavy (non-hydrogen) atoms. The van der Waals surface area contributed by atoms with Gasteiger partial charge in [-0.15, -0.1) is 5.10 Å². The number of rotatable bonds is 39. The van der Waals surface area contributed by atoms with E-state index in [4.69, 9.17) is 9.47 Å². The Labute approximate surface area is 353 Å². The molecule has 1 aliphatic heterocycles. The number of aryl methyl sites for hydroxylation is 1. The van der Waals surface area contributed by atoms with Crippen LogP contribution >= 0.6 is 0 Å². The van der Waals surface area contributed by atoms with Crippen LogP contribution in [0.3, 0.4) is 0 Å². The maximum Gasteiger partial charge on any atom is 0.186 e. The molecule has 0 spiro atoms. The Hall–Kier alpha value is -1.22. The number of hydrogen-bond acceptors (Lipinski definition) is 11. The number of aliphatic hydroxyl groups is 6. The summed E-state index contributed by atoms with van der Waals surface area (Å²) in [7, 11) is 0. The zero-order valence-electron chi connectivity index (χ0n) is 37.3. The molecular weight excluding hydrogens is 737 g/mol. The average molecular weight is 827 g/mol. The lowest BCUT2D eigenvalue weighted by molar-refractivity contribution is -0.304. The van der Waals surface area contributed by atoms with Crippen molar-refractivity contribution in [3.8, 4) is 0 Å².